The average molecular weight is 494 g/mol. The molecule has 5 heterocycles. The minimum atomic E-state index is -0.350. The van der Waals surface area contributed by atoms with Crippen LogP contribution in [0, 0.1) is 11.3 Å². The molecule has 3 aromatic heterocycles. The van der Waals surface area contributed by atoms with Gasteiger partial charge in [0.25, 0.3) is 0 Å². The van der Waals surface area contributed by atoms with E-state index in [9.17, 15) is 5.26 Å². The van der Waals surface area contributed by atoms with E-state index in [2.05, 4.69) is 33.4 Å². The van der Waals surface area contributed by atoms with Gasteiger partial charge in [0, 0.05) is 52.8 Å². The summed E-state index contributed by atoms with van der Waals surface area (Å²) in [7, 11) is 0. The van der Waals surface area contributed by atoms with E-state index >= 15 is 0 Å². The van der Waals surface area contributed by atoms with Crippen LogP contribution in [-0.2, 0) is 17.6 Å². The summed E-state index contributed by atoms with van der Waals surface area (Å²) in [5, 5.41) is 18.5. The van der Waals surface area contributed by atoms with E-state index in [1.807, 2.05) is 24.0 Å². The second-order valence-electron chi connectivity index (χ2n) is 9.36. The molecule has 3 aromatic rings. The Morgan fingerprint density at radius 1 is 1.38 bits per heavy atom. The molecule has 2 aliphatic heterocycles. The molecule has 1 fully saturated rings. The zero-order chi connectivity index (χ0) is 23.3. The Labute approximate surface area is 206 Å². The van der Waals surface area contributed by atoms with E-state index in [1.165, 1.54) is 4.88 Å². The number of nitrogen functional groups attached to an aromatic ring is 1. The molecule has 34 heavy (non-hydrogen) atoms. The third kappa shape index (κ3) is 3.33. The van der Waals surface area contributed by atoms with Crippen molar-refractivity contribution < 1.29 is 4.52 Å². The number of nitrogens with two attached hydrogens (primary N) is 1. The maximum atomic E-state index is 9.90. The summed E-state index contributed by atoms with van der Waals surface area (Å²) >= 11 is 3.44. The summed E-state index contributed by atoms with van der Waals surface area (Å²) in [4.78, 5) is 13.0. The standard InChI is InChI=1S/C24H27N7OS2/c1-14-11-27-7-3-9-31(14)23-28-8-5-17(29-23)20-16-12-33-13-24(21(16)32-30-20)6-2-4-18-19(24)15(10-25)22(26)34-18/h5,8,14,27H,2-4,6-7,9,11-13,26H2,1H3/t14-,24?/m0/s1. The fraction of sp³-hybridized carbons (Fsp3) is 0.500. The van der Waals surface area contributed by atoms with Gasteiger partial charge in [0.2, 0.25) is 5.95 Å². The van der Waals surface area contributed by atoms with Gasteiger partial charge in [-0.2, -0.15) is 17.0 Å². The molecular weight excluding hydrogens is 466 g/mol. The number of fused-ring (bicyclic) bond motifs is 4. The smallest absolute Gasteiger partial charge is 0.226 e. The Balaban J connectivity index is 1.44. The van der Waals surface area contributed by atoms with Crippen LogP contribution in [0.3, 0.4) is 0 Å². The summed E-state index contributed by atoms with van der Waals surface area (Å²) < 4.78 is 6.13. The predicted octanol–water partition coefficient (Wildman–Crippen LogP) is 3.70. The normalized spacial score (nSPS) is 24.4. The van der Waals surface area contributed by atoms with Gasteiger partial charge < -0.3 is 20.5 Å². The highest BCUT2D eigenvalue weighted by Gasteiger charge is 2.49. The fourth-order valence-corrected chi connectivity index (χ4v) is 8.19. The first-order chi connectivity index (χ1) is 16.6. The van der Waals surface area contributed by atoms with Crippen LogP contribution in [0.2, 0.25) is 0 Å². The highest BCUT2D eigenvalue weighted by molar-refractivity contribution is 7.98. The molecule has 8 nitrogen and oxygen atoms in total. The van der Waals surface area contributed by atoms with Crippen LogP contribution in [0.4, 0.5) is 10.9 Å². The second-order valence-corrected chi connectivity index (χ2v) is 11.5. The zero-order valence-electron chi connectivity index (χ0n) is 19.1. The first-order valence-corrected chi connectivity index (χ1v) is 13.8. The molecular formula is C24H27N7OS2. The number of nitriles is 1. The second kappa shape index (κ2) is 8.56. The molecule has 10 heteroatoms. The van der Waals surface area contributed by atoms with Crippen LogP contribution in [0.1, 0.15) is 53.5 Å². The third-order valence-corrected chi connectivity index (χ3v) is 9.56. The van der Waals surface area contributed by atoms with Crippen LogP contribution < -0.4 is 16.0 Å². The zero-order valence-corrected chi connectivity index (χ0v) is 20.8. The molecule has 1 aliphatic carbocycles. The van der Waals surface area contributed by atoms with E-state index in [-0.39, 0.29) is 5.41 Å². The molecule has 176 valence electrons. The average Bonchev–Trinajstić information content (AvgIpc) is 3.36. The Morgan fingerprint density at radius 2 is 2.29 bits per heavy atom. The largest absolute Gasteiger partial charge is 0.389 e. The van der Waals surface area contributed by atoms with Gasteiger partial charge in [-0.05, 0) is 45.2 Å². The summed E-state index contributed by atoms with van der Waals surface area (Å²) in [6.45, 7) is 5.05. The molecule has 0 saturated carbocycles. The summed E-state index contributed by atoms with van der Waals surface area (Å²) in [5.74, 6) is 3.32. The fourth-order valence-electron chi connectivity index (χ4n) is 5.68. The van der Waals surface area contributed by atoms with Crippen molar-refractivity contribution in [3.05, 3.63) is 39.6 Å². The molecule has 1 spiro atoms. The van der Waals surface area contributed by atoms with Crippen LogP contribution in [0.5, 0.6) is 0 Å². The van der Waals surface area contributed by atoms with Crippen molar-refractivity contribution in [2.24, 2.45) is 0 Å². The molecule has 1 saturated heterocycles. The van der Waals surface area contributed by atoms with Gasteiger partial charge in [-0.3, -0.25) is 0 Å². The van der Waals surface area contributed by atoms with Crippen molar-refractivity contribution in [2.45, 2.75) is 49.8 Å². The van der Waals surface area contributed by atoms with Gasteiger partial charge in [-0.15, -0.1) is 11.3 Å². The van der Waals surface area contributed by atoms with E-state index < -0.39 is 0 Å². The van der Waals surface area contributed by atoms with Crippen molar-refractivity contribution in [3.63, 3.8) is 0 Å². The Hall–Kier alpha value is -2.61. The van der Waals surface area contributed by atoms with Crippen molar-refractivity contribution in [1.82, 2.24) is 20.4 Å². The van der Waals surface area contributed by atoms with Gasteiger partial charge in [0.1, 0.15) is 16.8 Å². The van der Waals surface area contributed by atoms with Crippen LogP contribution in [0.25, 0.3) is 11.4 Å². The molecule has 0 bridgehead atoms. The molecule has 0 amide bonds. The predicted molar refractivity (Wildman–Crippen MR) is 135 cm³/mol. The van der Waals surface area contributed by atoms with Crippen molar-refractivity contribution in [2.75, 3.05) is 36.0 Å². The maximum absolute atomic E-state index is 9.90. The molecule has 1 unspecified atom stereocenters. The lowest BCUT2D eigenvalue weighted by atomic mass is 9.69. The first-order valence-electron chi connectivity index (χ1n) is 11.8. The lowest BCUT2D eigenvalue weighted by Crippen LogP contribution is -2.38. The maximum Gasteiger partial charge on any atom is 0.226 e. The molecule has 6 rings (SSSR count). The quantitative estimate of drug-likeness (QED) is 0.551. The number of thioether (sulfide) groups is 1. The number of hydrogen-bond donors (Lipinski definition) is 2. The van der Waals surface area contributed by atoms with Crippen LogP contribution in [0.15, 0.2) is 16.8 Å². The van der Waals surface area contributed by atoms with E-state index in [1.54, 1.807) is 11.3 Å². The summed E-state index contributed by atoms with van der Waals surface area (Å²) in [5.41, 5.74) is 10.3. The SMILES string of the molecule is C[C@H]1CNCCCN1c1nccc(-c2noc3c2CSCC32CCCc3sc(N)c(C#N)c32)n1. The molecule has 0 radical (unpaired) electrons. The van der Waals surface area contributed by atoms with Gasteiger partial charge >= 0.3 is 0 Å². The number of hydrogen-bond acceptors (Lipinski definition) is 10. The van der Waals surface area contributed by atoms with Crippen LogP contribution >= 0.6 is 23.1 Å². The highest BCUT2D eigenvalue weighted by Crippen LogP contribution is 2.54. The van der Waals surface area contributed by atoms with Crippen molar-refractivity contribution in [3.8, 4) is 17.5 Å². The lowest BCUT2D eigenvalue weighted by molar-refractivity contribution is 0.309. The minimum Gasteiger partial charge on any atom is -0.389 e. The van der Waals surface area contributed by atoms with E-state index in [0.29, 0.717) is 16.6 Å². The third-order valence-electron chi connectivity index (χ3n) is 7.29. The monoisotopic (exact) mass is 493 g/mol. The lowest BCUT2D eigenvalue weighted by Gasteiger charge is -2.38. The Kier molecular flexibility index (Phi) is 5.51. The number of aromatic nitrogens is 3. The Bertz CT molecular complexity index is 1270. The number of thiophene rings is 1. The van der Waals surface area contributed by atoms with Gasteiger partial charge in [-0.25, -0.2) is 9.97 Å². The highest BCUT2D eigenvalue weighted by atomic mass is 32.2. The van der Waals surface area contributed by atoms with Crippen molar-refractivity contribution >= 4 is 34.0 Å². The number of anilines is 2. The van der Waals surface area contributed by atoms with Crippen LogP contribution in [-0.4, -0.2) is 46.6 Å². The molecule has 3 aliphatic rings. The number of aryl methyl sites for hydroxylation is 1. The number of nitrogens with zero attached hydrogens (tertiary/aromatic N) is 5. The Morgan fingerprint density at radius 3 is 3.18 bits per heavy atom. The van der Waals surface area contributed by atoms with E-state index in [4.69, 9.17) is 15.2 Å². The number of rotatable bonds is 2. The molecule has 2 atom stereocenters. The van der Waals surface area contributed by atoms with E-state index in [0.717, 1.165) is 91.0 Å². The minimum absolute atomic E-state index is 0.317. The van der Waals surface area contributed by atoms with Gasteiger partial charge in [-0.1, -0.05) is 5.16 Å². The first kappa shape index (κ1) is 21.9. The van der Waals surface area contributed by atoms with Gasteiger partial charge in [0.05, 0.1) is 16.7 Å². The van der Waals surface area contributed by atoms with Crippen molar-refractivity contribution in [1.29, 1.82) is 5.26 Å². The number of nitrogens with one attached hydrogen (secondary N) is 1. The van der Waals surface area contributed by atoms with Gasteiger partial charge in [0.15, 0.2) is 5.76 Å². The molecule has 0 aromatic carbocycles. The topological polar surface area (TPSA) is 117 Å². The summed E-state index contributed by atoms with van der Waals surface area (Å²) in [6, 6.07) is 4.62. The molecule has 3 N–H and O–H groups in total. The summed E-state index contributed by atoms with van der Waals surface area (Å²) in [6.07, 6.45) is 5.83.